The molecule has 1 atom stereocenters. The molecular formula is C24H24FN6O4S-. The van der Waals surface area contributed by atoms with Crippen LogP contribution >= 0.6 is 0 Å². The summed E-state index contributed by atoms with van der Waals surface area (Å²) in [6, 6.07) is 8.15. The van der Waals surface area contributed by atoms with Gasteiger partial charge in [0.1, 0.15) is 6.67 Å². The van der Waals surface area contributed by atoms with Gasteiger partial charge in [-0.05, 0) is 55.7 Å². The van der Waals surface area contributed by atoms with Crippen molar-refractivity contribution >= 4 is 27.9 Å². The third-order valence-electron chi connectivity index (χ3n) is 6.49. The summed E-state index contributed by atoms with van der Waals surface area (Å²) in [5.74, 6) is 0. The molecule has 12 heteroatoms. The zero-order valence-electron chi connectivity index (χ0n) is 19.8. The standard InChI is InChI=1S/C24H25FN6O4S/c1-16-5-8-26-18(9-16)14-29-21-4-3-19(31(36(34)35)24(15-25)6-7-24)10-20(21)22(32)30(23(29)33)13-17-11-27-28(2)12-17/h3-5,8-12H,6-7,13-15H2,1-2H3,(H,34,35)/p-1. The Bertz CT molecular complexity index is 1610. The molecule has 3 aromatic heterocycles. The first kappa shape index (κ1) is 24.1. The van der Waals surface area contributed by atoms with Gasteiger partial charge in [-0.2, -0.15) is 5.10 Å². The van der Waals surface area contributed by atoms with Crippen LogP contribution in [0.25, 0.3) is 10.9 Å². The Morgan fingerprint density at radius 2 is 1.94 bits per heavy atom. The number of aromatic nitrogens is 5. The Balaban J connectivity index is 1.72. The maximum absolute atomic E-state index is 13.8. The van der Waals surface area contributed by atoms with Gasteiger partial charge < -0.3 is 4.55 Å². The smallest absolute Gasteiger partial charge is 0.332 e. The number of hydrogen-bond donors (Lipinski definition) is 0. The van der Waals surface area contributed by atoms with Crippen molar-refractivity contribution < 1.29 is 13.2 Å². The summed E-state index contributed by atoms with van der Waals surface area (Å²) in [5.41, 5.74) is 0.535. The molecule has 4 aromatic rings. The molecule has 0 bridgehead atoms. The molecule has 0 aliphatic heterocycles. The van der Waals surface area contributed by atoms with E-state index < -0.39 is 34.7 Å². The summed E-state index contributed by atoms with van der Waals surface area (Å²) in [4.78, 5) is 31.5. The van der Waals surface area contributed by atoms with Crippen molar-refractivity contribution in [2.45, 2.75) is 38.4 Å². The summed E-state index contributed by atoms with van der Waals surface area (Å²) in [5, 5.41) is 4.25. The lowest BCUT2D eigenvalue weighted by Crippen LogP contribution is -2.42. The monoisotopic (exact) mass is 511 g/mol. The number of rotatable bonds is 8. The number of benzene rings is 1. The van der Waals surface area contributed by atoms with Gasteiger partial charge in [0, 0.05) is 42.0 Å². The molecule has 10 nitrogen and oxygen atoms in total. The predicted octanol–water partition coefficient (Wildman–Crippen LogP) is 1.80. The van der Waals surface area contributed by atoms with Crippen LogP contribution < -0.4 is 15.6 Å². The summed E-state index contributed by atoms with van der Waals surface area (Å²) in [7, 11) is 1.73. The SMILES string of the molecule is Cc1ccnc(Cn2c(=O)n(Cc3cnn(C)c3)c(=O)c3cc(N(S(=O)[O-])C4(CF)CC4)ccc32)c1. The molecule has 1 saturated carbocycles. The van der Waals surface area contributed by atoms with Crippen LogP contribution in [0.4, 0.5) is 10.1 Å². The lowest BCUT2D eigenvalue weighted by Gasteiger charge is -2.33. The average Bonchev–Trinajstić information content (AvgIpc) is 3.52. The second-order valence-corrected chi connectivity index (χ2v) is 9.98. The fourth-order valence-electron chi connectivity index (χ4n) is 4.47. The number of halogens is 1. The van der Waals surface area contributed by atoms with Gasteiger partial charge in [-0.15, -0.1) is 0 Å². The summed E-state index contributed by atoms with van der Waals surface area (Å²) < 4.78 is 43.0. The van der Waals surface area contributed by atoms with Gasteiger partial charge in [0.2, 0.25) is 0 Å². The molecule has 3 heterocycles. The first-order chi connectivity index (χ1) is 17.2. The van der Waals surface area contributed by atoms with Crippen LogP contribution in [0.15, 0.2) is 58.5 Å². The van der Waals surface area contributed by atoms with Crippen LogP contribution in [-0.2, 0) is 31.4 Å². The van der Waals surface area contributed by atoms with Crippen LogP contribution in [0.1, 0.15) is 29.7 Å². The normalized spacial score (nSPS) is 15.2. The molecule has 5 rings (SSSR count). The first-order valence-electron chi connectivity index (χ1n) is 11.3. The molecular weight excluding hydrogens is 487 g/mol. The maximum Gasteiger partial charge on any atom is 0.332 e. The predicted molar refractivity (Wildman–Crippen MR) is 132 cm³/mol. The second kappa shape index (κ2) is 9.10. The fourth-order valence-corrected chi connectivity index (χ4v) is 5.30. The van der Waals surface area contributed by atoms with Crippen molar-refractivity contribution in [3.05, 3.63) is 86.6 Å². The van der Waals surface area contributed by atoms with E-state index in [1.165, 1.54) is 22.8 Å². The van der Waals surface area contributed by atoms with Crippen molar-refractivity contribution in [2.75, 3.05) is 11.0 Å². The van der Waals surface area contributed by atoms with Crippen LogP contribution in [0.5, 0.6) is 0 Å². The number of hydrogen-bond acceptors (Lipinski definition) is 6. The highest BCUT2D eigenvalue weighted by molar-refractivity contribution is 7.80. The van der Waals surface area contributed by atoms with Gasteiger partial charge in [0.25, 0.3) is 5.56 Å². The molecule has 188 valence electrons. The highest BCUT2D eigenvalue weighted by Crippen LogP contribution is 2.45. The number of anilines is 1. The van der Waals surface area contributed by atoms with Gasteiger partial charge >= 0.3 is 5.69 Å². The largest absolute Gasteiger partial charge is 0.755 e. The third-order valence-corrected chi connectivity index (χ3v) is 7.39. The van der Waals surface area contributed by atoms with Crippen molar-refractivity contribution in [3.8, 4) is 0 Å². The van der Waals surface area contributed by atoms with E-state index >= 15 is 0 Å². The molecule has 1 aromatic carbocycles. The van der Waals surface area contributed by atoms with E-state index in [-0.39, 0.29) is 24.2 Å². The molecule has 1 aliphatic carbocycles. The molecule has 1 aliphatic rings. The Hall–Kier alpha value is -3.64. The first-order valence-corrected chi connectivity index (χ1v) is 12.4. The quantitative estimate of drug-likeness (QED) is 0.333. The van der Waals surface area contributed by atoms with Crippen LogP contribution in [0, 0.1) is 6.92 Å². The number of aryl methyl sites for hydroxylation is 2. The lowest BCUT2D eigenvalue weighted by atomic mass is 10.1. The van der Waals surface area contributed by atoms with Crippen LogP contribution in [0.3, 0.4) is 0 Å². The zero-order valence-corrected chi connectivity index (χ0v) is 20.6. The molecule has 36 heavy (non-hydrogen) atoms. The number of alkyl halides is 1. The fraction of sp³-hybridized carbons (Fsp3) is 0.333. The topological polar surface area (TPSA) is 118 Å². The second-order valence-electron chi connectivity index (χ2n) is 9.18. The average molecular weight is 512 g/mol. The van der Waals surface area contributed by atoms with E-state index in [9.17, 15) is 22.7 Å². The highest BCUT2D eigenvalue weighted by atomic mass is 32.2. The Kier molecular flexibility index (Phi) is 6.08. The summed E-state index contributed by atoms with van der Waals surface area (Å²) in [6.45, 7) is 1.18. The highest BCUT2D eigenvalue weighted by Gasteiger charge is 2.49. The molecule has 1 fully saturated rings. The van der Waals surface area contributed by atoms with Crippen molar-refractivity contribution in [1.82, 2.24) is 23.9 Å². The molecule has 1 unspecified atom stereocenters. The maximum atomic E-state index is 13.8. The number of fused-ring (bicyclic) bond motifs is 1. The van der Waals surface area contributed by atoms with Gasteiger partial charge in [-0.1, -0.05) is 0 Å². The van der Waals surface area contributed by atoms with Crippen molar-refractivity contribution in [3.63, 3.8) is 0 Å². The number of nitrogens with zero attached hydrogens (tertiary/aromatic N) is 6. The van der Waals surface area contributed by atoms with E-state index in [2.05, 4.69) is 10.1 Å². The Labute approximate surface area is 208 Å². The lowest BCUT2D eigenvalue weighted by molar-refractivity contribution is 0.411. The van der Waals surface area contributed by atoms with Gasteiger partial charge in [-0.3, -0.25) is 32.1 Å². The van der Waals surface area contributed by atoms with E-state index in [1.807, 2.05) is 19.1 Å². The summed E-state index contributed by atoms with van der Waals surface area (Å²) >= 11 is -2.74. The minimum atomic E-state index is -2.74. The Morgan fingerprint density at radius 1 is 1.17 bits per heavy atom. The Morgan fingerprint density at radius 3 is 2.56 bits per heavy atom. The number of pyridine rings is 1. The molecule has 0 saturated heterocycles. The van der Waals surface area contributed by atoms with Crippen molar-refractivity contribution in [1.29, 1.82) is 0 Å². The molecule has 0 radical (unpaired) electrons. The van der Waals surface area contributed by atoms with Gasteiger partial charge in [0.05, 0.1) is 41.4 Å². The molecule has 0 amide bonds. The van der Waals surface area contributed by atoms with Crippen LogP contribution in [0.2, 0.25) is 0 Å². The molecule has 0 N–H and O–H groups in total. The molecule has 0 spiro atoms. The zero-order chi connectivity index (χ0) is 25.6. The van der Waals surface area contributed by atoms with Crippen LogP contribution in [-0.4, -0.2) is 44.9 Å². The van der Waals surface area contributed by atoms with E-state index in [0.717, 1.165) is 14.4 Å². The minimum Gasteiger partial charge on any atom is -0.755 e. The van der Waals surface area contributed by atoms with Gasteiger partial charge in [0.15, 0.2) is 0 Å². The van der Waals surface area contributed by atoms with E-state index in [1.54, 1.807) is 30.3 Å². The van der Waals surface area contributed by atoms with E-state index in [0.29, 0.717) is 29.6 Å². The van der Waals surface area contributed by atoms with E-state index in [4.69, 9.17) is 0 Å². The summed E-state index contributed by atoms with van der Waals surface area (Å²) in [6.07, 6.45) is 5.70. The van der Waals surface area contributed by atoms with Gasteiger partial charge in [-0.25, -0.2) is 9.18 Å². The van der Waals surface area contributed by atoms with Crippen molar-refractivity contribution in [2.24, 2.45) is 7.05 Å². The third kappa shape index (κ3) is 4.26. The minimum absolute atomic E-state index is 0.0153.